The molecule has 0 saturated carbocycles. The molecule has 4 nitrogen and oxygen atoms in total. The molecule has 0 aromatic heterocycles. The van der Waals surface area contributed by atoms with Gasteiger partial charge >= 0.3 is 0 Å². The van der Waals surface area contributed by atoms with Crippen molar-refractivity contribution in [2.45, 2.75) is 45.6 Å². The van der Waals surface area contributed by atoms with E-state index in [1.54, 1.807) is 0 Å². The van der Waals surface area contributed by atoms with Crippen LogP contribution in [0.1, 0.15) is 39.5 Å². The average molecular weight is 276 g/mol. The summed E-state index contributed by atoms with van der Waals surface area (Å²) in [4.78, 5) is 0. The molecule has 20 heavy (non-hydrogen) atoms. The maximum Gasteiger partial charge on any atom is 0.0638 e. The Kier molecular flexibility index (Phi) is 11.4. The second-order valence-electron chi connectivity index (χ2n) is 5.08. The van der Waals surface area contributed by atoms with Gasteiger partial charge in [-0.25, -0.2) is 0 Å². The lowest BCUT2D eigenvalue weighted by atomic mass is 10.1. The van der Waals surface area contributed by atoms with E-state index in [9.17, 15) is 0 Å². The summed E-state index contributed by atoms with van der Waals surface area (Å²) in [5, 5.41) is 22.2. The number of nitrogens with zero attached hydrogens (tertiary/aromatic N) is 1. The Hall–Kier alpha value is -1.60. The van der Waals surface area contributed by atoms with Crippen molar-refractivity contribution >= 4 is 6.21 Å². The fourth-order valence-electron chi connectivity index (χ4n) is 1.69. The highest BCUT2D eigenvalue weighted by Gasteiger charge is 2.03. The highest BCUT2D eigenvalue weighted by Crippen LogP contribution is 2.04. The van der Waals surface area contributed by atoms with Crippen molar-refractivity contribution in [3.05, 3.63) is 23.9 Å². The van der Waals surface area contributed by atoms with Gasteiger partial charge in [0, 0.05) is 24.2 Å². The van der Waals surface area contributed by atoms with Gasteiger partial charge < -0.3 is 16.0 Å². The van der Waals surface area contributed by atoms with Gasteiger partial charge in [-0.3, -0.25) is 0 Å². The van der Waals surface area contributed by atoms with Crippen molar-refractivity contribution in [3.63, 3.8) is 0 Å². The Bertz CT molecular complexity index is 352. The SMILES string of the molecule is CNC(CC#N)CCC/C=C/C=C(\C)NCC(C)C=N. The third-order valence-corrected chi connectivity index (χ3v) is 3.14. The van der Waals surface area contributed by atoms with Crippen LogP contribution in [-0.2, 0) is 0 Å². The summed E-state index contributed by atoms with van der Waals surface area (Å²) < 4.78 is 0. The van der Waals surface area contributed by atoms with E-state index >= 15 is 0 Å². The van der Waals surface area contributed by atoms with E-state index in [1.807, 2.05) is 20.9 Å². The molecule has 0 radical (unpaired) electrons. The van der Waals surface area contributed by atoms with Gasteiger partial charge in [-0.1, -0.05) is 19.1 Å². The molecule has 2 atom stereocenters. The van der Waals surface area contributed by atoms with Crippen molar-refractivity contribution in [2.75, 3.05) is 13.6 Å². The van der Waals surface area contributed by atoms with Crippen LogP contribution in [0.25, 0.3) is 0 Å². The maximum absolute atomic E-state index is 8.64. The minimum atomic E-state index is 0.265. The fraction of sp³-hybridized carbons (Fsp3) is 0.625. The smallest absolute Gasteiger partial charge is 0.0638 e. The Labute approximate surface area is 123 Å². The monoisotopic (exact) mass is 276 g/mol. The summed E-state index contributed by atoms with van der Waals surface area (Å²) in [6.07, 6.45) is 11.5. The van der Waals surface area contributed by atoms with Crippen molar-refractivity contribution < 1.29 is 0 Å². The van der Waals surface area contributed by atoms with Crippen molar-refractivity contribution in [1.29, 1.82) is 10.7 Å². The van der Waals surface area contributed by atoms with Gasteiger partial charge in [0.15, 0.2) is 0 Å². The van der Waals surface area contributed by atoms with E-state index in [2.05, 4.69) is 34.9 Å². The zero-order valence-electron chi connectivity index (χ0n) is 12.9. The number of allylic oxidation sites excluding steroid dienone is 4. The first-order valence-electron chi connectivity index (χ1n) is 7.26. The summed E-state index contributed by atoms with van der Waals surface area (Å²) >= 11 is 0. The molecule has 0 rings (SSSR count). The number of nitrogens with one attached hydrogen (secondary N) is 3. The Morgan fingerprint density at radius 1 is 1.45 bits per heavy atom. The summed E-state index contributed by atoms with van der Waals surface area (Å²) in [6.45, 7) is 4.85. The number of unbranched alkanes of at least 4 members (excludes halogenated alkanes) is 1. The zero-order chi connectivity index (χ0) is 15.2. The first kappa shape index (κ1) is 18.4. The lowest BCUT2D eigenvalue weighted by Crippen LogP contribution is -2.24. The van der Waals surface area contributed by atoms with Crippen LogP contribution in [0.15, 0.2) is 23.9 Å². The molecule has 0 aliphatic heterocycles. The van der Waals surface area contributed by atoms with Gasteiger partial charge in [-0.15, -0.1) is 0 Å². The van der Waals surface area contributed by atoms with Crippen molar-refractivity contribution in [3.8, 4) is 6.07 Å². The van der Waals surface area contributed by atoms with Gasteiger partial charge in [-0.05, 0) is 45.5 Å². The third kappa shape index (κ3) is 10.3. The molecule has 0 aliphatic carbocycles. The highest BCUT2D eigenvalue weighted by molar-refractivity contribution is 5.56. The van der Waals surface area contributed by atoms with Crippen molar-refractivity contribution in [1.82, 2.24) is 10.6 Å². The van der Waals surface area contributed by atoms with Gasteiger partial charge in [0.25, 0.3) is 0 Å². The molecule has 0 bridgehead atoms. The quantitative estimate of drug-likeness (QED) is 0.308. The number of rotatable bonds is 11. The minimum absolute atomic E-state index is 0.265. The largest absolute Gasteiger partial charge is 0.388 e. The van der Waals surface area contributed by atoms with Crippen LogP contribution in [0.4, 0.5) is 0 Å². The van der Waals surface area contributed by atoms with Crippen LogP contribution >= 0.6 is 0 Å². The molecule has 0 heterocycles. The van der Waals surface area contributed by atoms with E-state index in [0.717, 1.165) is 31.5 Å². The lowest BCUT2D eigenvalue weighted by Gasteiger charge is -2.10. The zero-order valence-corrected chi connectivity index (χ0v) is 12.9. The predicted octanol–water partition coefficient (Wildman–Crippen LogP) is 2.99. The molecule has 4 heteroatoms. The van der Waals surface area contributed by atoms with E-state index in [0.29, 0.717) is 12.5 Å². The molecule has 0 saturated heterocycles. The van der Waals surface area contributed by atoms with Crippen LogP contribution in [-0.4, -0.2) is 25.8 Å². The molecule has 0 fully saturated rings. The van der Waals surface area contributed by atoms with Crippen LogP contribution in [0, 0.1) is 22.7 Å². The Balaban J connectivity index is 3.79. The topological polar surface area (TPSA) is 71.7 Å². The molecule has 0 aromatic rings. The third-order valence-electron chi connectivity index (χ3n) is 3.14. The van der Waals surface area contributed by atoms with Crippen LogP contribution in [0.5, 0.6) is 0 Å². The van der Waals surface area contributed by atoms with Crippen LogP contribution in [0.3, 0.4) is 0 Å². The standard InChI is InChI=1S/C16H28N4/c1-14(12-18)13-20-15(2)8-6-4-5-7-9-16(19-3)10-11-17/h4,6,8,12,14,16,18-20H,5,7,9-10,13H2,1-3H3/b6-4+,15-8+,18-12?. The molecular formula is C16H28N4. The second-order valence-corrected chi connectivity index (χ2v) is 5.08. The molecule has 0 amide bonds. The average Bonchev–Trinajstić information content (AvgIpc) is 2.46. The van der Waals surface area contributed by atoms with Crippen LogP contribution < -0.4 is 10.6 Å². The van der Waals surface area contributed by atoms with E-state index in [4.69, 9.17) is 10.7 Å². The van der Waals surface area contributed by atoms with Crippen molar-refractivity contribution in [2.24, 2.45) is 5.92 Å². The summed E-state index contributed by atoms with van der Waals surface area (Å²) in [5.74, 6) is 0.265. The van der Waals surface area contributed by atoms with E-state index in [-0.39, 0.29) is 5.92 Å². The minimum Gasteiger partial charge on any atom is -0.388 e. The Morgan fingerprint density at radius 2 is 2.20 bits per heavy atom. The van der Waals surface area contributed by atoms with Gasteiger partial charge in [0.2, 0.25) is 0 Å². The van der Waals surface area contributed by atoms with Gasteiger partial charge in [0.1, 0.15) is 0 Å². The first-order valence-corrected chi connectivity index (χ1v) is 7.26. The molecule has 112 valence electrons. The molecule has 2 unspecified atom stereocenters. The number of nitriles is 1. The molecule has 0 aromatic carbocycles. The molecule has 0 spiro atoms. The summed E-state index contributed by atoms with van der Waals surface area (Å²) in [5.41, 5.74) is 1.12. The number of hydrogen-bond donors (Lipinski definition) is 3. The second kappa shape index (κ2) is 12.4. The van der Waals surface area contributed by atoms with Gasteiger partial charge in [0.05, 0.1) is 12.5 Å². The fourth-order valence-corrected chi connectivity index (χ4v) is 1.69. The predicted molar refractivity (Wildman–Crippen MR) is 85.8 cm³/mol. The summed E-state index contributed by atoms with van der Waals surface area (Å²) in [6, 6.07) is 2.51. The molecule has 3 N–H and O–H groups in total. The highest BCUT2D eigenvalue weighted by atomic mass is 14.9. The summed E-state index contributed by atoms with van der Waals surface area (Å²) in [7, 11) is 1.91. The number of hydrogen-bond acceptors (Lipinski definition) is 4. The van der Waals surface area contributed by atoms with Crippen LogP contribution in [0.2, 0.25) is 0 Å². The lowest BCUT2D eigenvalue weighted by molar-refractivity contribution is 0.515. The molecule has 0 aliphatic rings. The first-order chi connectivity index (χ1) is 9.63. The Morgan fingerprint density at radius 3 is 2.80 bits per heavy atom. The molecular weight excluding hydrogens is 248 g/mol. The van der Waals surface area contributed by atoms with E-state index < -0.39 is 0 Å². The normalized spacial score (nSPS) is 14.8. The maximum atomic E-state index is 8.64. The van der Waals surface area contributed by atoms with Gasteiger partial charge in [-0.2, -0.15) is 5.26 Å². The van der Waals surface area contributed by atoms with E-state index in [1.165, 1.54) is 6.21 Å².